The van der Waals surface area contributed by atoms with E-state index in [0.717, 1.165) is 11.1 Å². The molecule has 5 nitrogen and oxygen atoms in total. The number of thiazole rings is 1. The van der Waals surface area contributed by atoms with Crippen molar-refractivity contribution in [1.82, 2.24) is 10.3 Å². The number of nitrogens with zero attached hydrogens (tertiary/aromatic N) is 1. The number of aromatic nitrogens is 1. The first kappa shape index (κ1) is 13.2. The molecule has 1 aromatic heterocycles. The molecule has 0 bridgehead atoms. The minimum Gasteiger partial charge on any atom is -0.476 e. The van der Waals surface area contributed by atoms with E-state index in [4.69, 9.17) is 5.11 Å². The number of hydrogen-bond donors (Lipinski definition) is 2. The van der Waals surface area contributed by atoms with Crippen LogP contribution < -0.4 is 5.32 Å². The maximum atomic E-state index is 10.9. The number of nitrogens with one attached hydrogen (secondary N) is 1. The molecule has 1 amide bonds. The second kappa shape index (κ2) is 5.62. The van der Waals surface area contributed by atoms with E-state index in [2.05, 4.69) is 10.3 Å². The number of carbonyl (C=O) groups is 2. The van der Waals surface area contributed by atoms with Gasteiger partial charge in [0.2, 0.25) is 5.91 Å². The van der Waals surface area contributed by atoms with E-state index >= 15 is 0 Å². The SMILES string of the molecule is CC(=O)NCc1cccc(-c2nc(C(=O)O)cs2)c1. The fraction of sp³-hybridized carbons (Fsp3) is 0.154. The van der Waals surface area contributed by atoms with Crippen LogP contribution in [0.5, 0.6) is 0 Å². The van der Waals surface area contributed by atoms with Gasteiger partial charge in [-0.1, -0.05) is 18.2 Å². The van der Waals surface area contributed by atoms with Gasteiger partial charge >= 0.3 is 5.97 Å². The second-order valence-electron chi connectivity index (χ2n) is 3.95. The summed E-state index contributed by atoms with van der Waals surface area (Å²) in [5.41, 5.74) is 1.84. The van der Waals surface area contributed by atoms with Crippen LogP contribution >= 0.6 is 11.3 Å². The van der Waals surface area contributed by atoms with Crippen LogP contribution in [0.2, 0.25) is 0 Å². The van der Waals surface area contributed by atoms with Crippen molar-refractivity contribution >= 4 is 23.2 Å². The Hall–Kier alpha value is -2.21. The van der Waals surface area contributed by atoms with E-state index < -0.39 is 5.97 Å². The number of rotatable bonds is 4. The van der Waals surface area contributed by atoms with Crippen molar-refractivity contribution in [3.8, 4) is 10.6 Å². The molecule has 0 atom stereocenters. The molecule has 1 aromatic carbocycles. The molecule has 0 saturated carbocycles. The van der Waals surface area contributed by atoms with Gasteiger partial charge in [-0.3, -0.25) is 4.79 Å². The van der Waals surface area contributed by atoms with E-state index in [1.807, 2.05) is 24.3 Å². The molecule has 0 fully saturated rings. The highest BCUT2D eigenvalue weighted by Gasteiger charge is 2.10. The Morgan fingerprint density at radius 3 is 2.84 bits per heavy atom. The van der Waals surface area contributed by atoms with Crippen LogP contribution in [-0.4, -0.2) is 22.0 Å². The molecule has 0 spiro atoms. The summed E-state index contributed by atoms with van der Waals surface area (Å²) in [6.45, 7) is 1.91. The molecule has 2 aromatic rings. The maximum absolute atomic E-state index is 10.9. The first-order valence-electron chi connectivity index (χ1n) is 5.59. The lowest BCUT2D eigenvalue weighted by Crippen LogP contribution is -2.18. The summed E-state index contributed by atoms with van der Waals surface area (Å²) < 4.78 is 0. The molecule has 2 N–H and O–H groups in total. The number of hydrogen-bond acceptors (Lipinski definition) is 4. The lowest BCUT2D eigenvalue weighted by Gasteiger charge is -2.04. The van der Waals surface area contributed by atoms with Gasteiger partial charge in [-0.2, -0.15) is 0 Å². The van der Waals surface area contributed by atoms with Gasteiger partial charge < -0.3 is 10.4 Å². The van der Waals surface area contributed by atoms with Crippen LogP contribution in [0.25, 0.3) is 10.6 Å². The fourth-order valence-electron chi connectivity index (χ4n) is 1.55. The highest BCUT2D eigenvalue weighted by Crippen LogP contribution is 2.24. The van der Waals surface area contributed by atoms with Crippen molar-refractivity contribution in [3.05, 3.63) is 40.9 Å². The third-order valence-electron chi connectivity index (χ3n) is 2.44. The van der Waals surface area contributed by atoms with Crippen molar-refractivity contribution in [2.75, 3.05) is 0 Å². The lowest BCUT2D eigenvalue weighted by molar-refractivity contribution is -0.119. The molecule has 6 heteroatoms. The van der Waals surface area contributed by atoms with Gasteiger partial charge in [0.05, 0.1) is 0 Å². The lowest BCUT2D eigenvalue weighted by atomic mass is 10.1. The van der Waals surface area contributed by atoms with E-state index in [1.165, 1.54) is 23.6 Å². The predicted octanol–water partition coefficient (Wildman–Crippen LogP) is 2.14. The zero-order chi connectivity index (χ0) is 13.8. The Balaban J connectivity index is 2.21. The highest BCUT2D eigenvalue weighted by atomic mass is 32.1. The molecule has 98 valence electrons. The smallest absolute Gasteiger partial charge is 0.355 e. The number of carboxylic acid groups (broad SMARTS) is 1. The number of carbonyl (C=O) groups excluding carboxylic acids is 1. The summed E-state index contributed by atoms with van der Waals surface area (Å²) in [4.78, 5) is 25.7. The third kappa shape index (κ3) is 3.38. The monoisotopic (exact) mass is 276 g/mol. The quantitative estimate of drug-likeness (QED) is 0.896. The molecule has 19 heavy (non-hydrogen) atoms. The van der Waals surface area contributed by atoms with Gasteiger partial charge in [0.1, 0.15) is 5.01 Å². The molecule has 0 saturated heterocycles. The van der Waals surface area contributed by atoms with Crippen LogP contribution in [0.3, 0.4) is 0 Å². The van der Waals surface area contributed by atoms with Crippen LogP contribution in [0, 0.1) is 0 Å². The highest BCUT2D eigenvalue weighted by molar-refractivity contribution is 7.13. The minimum atomic E-state index is -1.03. The Morgan fingerprint density at radius 1 is 1.42 bits per heavy atom. The van der Waals surface area contributed by atoms with Gasteiger partial charge in [0.15, 0.2) is 5.69 Å². The summed E-state index contributed by atoms with van der Waals surface area (Å²) in [5, 5.41) is 13.7. The molecule has 0 aliphatic carbocycles. The van der Waals surface area contributed by atoms with Crippen LogP contribution in [0.1, 0.15) is 23.0 Å². The predicted molar refractivity (Wildman–Crippen MR) is 72.0 cm³/mol. The molecular formula is C13H12N2O3S. The Kier molecular flexibility index (Phi) is 3.91. The molecule has 0 radical (unpaired) electrons. The second-order valence-corrected chi connectivity index (χ2v) is 4.81. The van der Waals surface area contributed by atoms with E-state index in [-0.39, 0.29) is 11.6 Å². The largest absolute Gasteiger partial charge is 0.476 e. The number of amides is 1. The van der Waals surface area contributed by atoms with Gasteiger partial charge in [0, 0.05) is 24.4 Å². The number of aromatic carboxylic acids is 1. The van der Waals surface area contributed by atoms with Crippen LogP contribution in [0.4, 0.5) is 0 Å². The van der Waals surface area contributed by atoms with Crippen molar-refractivity contribution in [2.45, 2.75) is 13.5 Å². The van der Waals surface area contributed by atoms with Gasteiger partial charge in [0.25, 0.3) is 0 Å². The first-order chi connectivity index (χ1) is 9.06. The Bertz CT molecular complexity index is 622. The zero-order valence-electron chi connectivity index (χ0n) is 10.2. The summed E-state index contributed by atoms with van der Waals surface area (Å²) >= 11 is 1.28. The molecular weight excluding hydrogens is 264 g/mol. The van der Waals surface area contributed by atoms with Gasteiger partial charge in [-0.15, -0.1) is 11.3 Å². The summed E-state index contributed by atoms with van der Waals surface area (Å²) in [6.07, 6.45) is 0. The minimum absolute atomic E-state index is 0.0484. The maximum Gasteiger partial charge on any atom is 0.355 e. The summed E-state index contributed by atoms with van der Waals surface area (Å²) in [5.74, 6) is -1.12. The molecule has 1 heterocycles. The molecule has 0 aliphatic heterocycles. The van der Waals surface area contributed by atoms with Crippen molar-refractivity contribution in [1.29, 1.82) is 0 Å². The number of carboxylic acids is 1. The zero-order valence-corrected chi connectivity index (χ0v) is 11.0. The molecule has 0 aliphatic rings. The van der Waals surface area contributed by atoms with E-state index in [9.17, 15) is 9.59 Å². The van der Waals surface area contributed by atoms with Crippen molar-refractivity contribution in [2.24, 2.45) is 0 Å². The van der Waals surface area contributed by atoms with E-state index in [0.29, 0.717) is 11.6 Å². The molecule has 2 rings (SSSR count). The summed E-state index contributed by atoms with van der Waals surface area (Å²) in [7, 11) is 0. The van der Waals surface area contributed by atoms with E-state index in [1.54, 1.807) is 0 Å². The molecule has 0 unspecified atom stereocenters. The first-order valence-corrected chi connectivity index (χ1v) is 6.47. The average molecular weight is 276 g/mol. The normalized spacial score (nSPS) is 10.2. The topological polar surface area (TPSA) is 79.3 Å². The summed E-state index contributed by atoms with van der Waals surface area (Å²) in [6, 6.07) is 7.50. The number of benzene rings is 1. The van der Waals surface area contributed by atoms with Crippen LogP contribution in [-0.2, 0) is 11.3 Å². The third-order valence-corrected chi connectivity index (χ3v) is 3.33. The fourth-order valence-corrected chi connectivity index (χ4v) is 2.34. The Morgan fingerprint density at radius 2 is 2.21 bits per heavy atom. The van der Waals surface area contributed by atoms with Gasteiger partial charge in [-0.05, 0) is 11.6 Å². The Labute approximate surface area is 113 Å². The average Bonchev–Trinajstić information content (AvgIpc) is 2.86. The standard InChI is InChI=1S/C13H12N2O3S/c1-8(16)14-6-9-3-2-4-10(5-9)12-15-11(7-19-12)13(17)18/h2-5,7H,6H2,1H3,(H,14,16)(H,17,18). The van der Waals surface area contributed by atoms with Crippen molar-refractivity contribution in [3.63, 3.8) is 0 Å². The van der Waals surface area contributed by atoms with Crippen molar-refractivity contribution < 1.29 is 14.7 Å². The van der Waals surface area contributed by atoms with Gasteiger partial charge in [-0.25, -0.2) is 9.78 Å². The van der Waals surface area contributed by atoms with Crippen LogP contribution in [0.15, 0.2) is 29.6 Å².